The molecule has 1 aromatic carbocycles. The molecule has 2 aromatic rings. The number of hydrogen-bond acceptors (Lipinski definition) is 4. The molecule has 0 aliphatic heterocycles. The van der Waals surface area contributed by atoms with Crippen molar-refractivity contribution >= 4 is 11.6 Å². The van der Waals surface area contributed by atoms with Crippen LogP contribution < -0.4 is 15.4 Å². The van der Waals surface area contributed by atoms with Gasteiger partial charge in [-0.25, -0.2) is 0 Å². The highest BCUT2D eigenvalue weighted by Gasteiger charge is 2.13. The SMILES string of the molecule is COc1ccccc1CNC(=O)c1cc(NC(C)(C)C)ccn1. The lowest BCUT2D eigenvalue weighted by Gasteiger charge is -2.22. The topological polar surface area (TPSA) is 63.2 Å². The molecule has 23 heavy (non-hydrogen) atoms. The molecule has 1 aromatic heterocycles. The Hall–Kier alpha value is -2.56. The fourth-order valence-corrected chi connectivity index (χ4v) is 2.18. The van der Waals surface area contributed by atoms with Gasteiger partial charge in [0.05, 0.1) is 7.11 Å². The molecule has 0 saturated carbocycles. The van der Waals surface area contributed by atoms with Gasteiger partial charge in [-0.1, -0.05) is 18.2 Å². The summed E-state index contributed by atoms with van der Waals surface area (Å²) in [6.45, 7) is 6.58. The Labute approximate surface area is 137 Å². The second kappa shape index (κ2) is 7.13. The van der Waals surface area contributed by atoms with Gasteiger partial charge in [0, 0.05) is 29.5 Å². The van der Waals surface area contributed by atoms with E-state index in [9.17, 15) is 4.79 Å². The van der Waals surface area contributed by atoms with Gasteiger partial charge in [-0.05, 0) is 39.0 Å². The number of methoxy groups -OCH3 is 1. The summed E-state index contributed by atoms with van der Waals surface area (Å²) in [7, 11) is 1.61. The number of rotatable bonds is 5. The molecule has 0 bridgehead atoms. The summed E-state index contributed by atoms with van der Waals surface area (Å²) in [5, 5.41) is 6.20. The van der Waals surface area contributed by atoms with E-state index in [0.717, 1.165) is 17.0 Å². The summed E-state index contributed by atoms with van der Waals surface area (Å²) in [5.41, 5.74) is 2.10. The number of carbonyl (C=O) groups is 1. The Morgan fingerprint density at radius 3 is 2.65 bits per heavy atom. The molecule has 0 aliphatic carbocycles. The molecule has 2 N–H and O–H groups in total. The molecule has 122 valence electrons. The average Bonchev–Trinajstić information content (AvgIpc) is 2.51. The first-order chi connectivity index (χ1) is 10.9. The predicted octanol–water partition coefficient (Wildman–Crippen LogP) is 3.23. The summed E-state index contributed by atoms with van der Waals surface area (Å²) in [6.07, 6.45) is 1.63. The number of para-hydroxylation sites is 1. The summed E-state index contributed by atoms with van der Waals surface area (Å²) < 4.78 is 5.28. The third kappa shape index (κ3) is 4.98. The van der Waals surface area contributed by atoms with Crippen LogP contribution in [0.25, 0.3) is 0 Å². The van der Waals surface area contributed by atoms with Gasteiger partial charge in [-0.3, -0.25) is 9.78 Å². The zero-order valence-corrected chi connectivity index (χ0v) is 14.0. The second-order valence-corrected chi connectivity index (χ2v) is 6.30. The van der Waals surface area contributed by atoms with Crippen LogP contribution in [0.2, 0.25) is 0 Å². The minimum absolute atomic E-state index is 0.0769. The van der Waals surface area contributed by atoms with E-state index in [4.69, 9.17) is 4.74 Å². The Balaban J connectivity index is 2.05. The zero-order chi connectivity index (χ0) is 16.9. The van der Waals surface area contributed by atoms with Crippen LogP contribution in [-0.2, 0) is 6.54 Å². The first kappa shape index (κ1) is 16.8. The number of pyridine rings is 1. The summed E-state index contributed by atoms with van der Waals surface area (Å²) in [5.74, 6) is 0.539. The van der Waals surface area contributed by atoms with Crippen molar-refractivity contribution in [3.8, 4) is 5.75 Å². The number of aromatic nitrogens is 1. The van der Waals surface area contributed by atoms with Crippen molar-refractivity contribution < 1.29 is 9.53 Å². The maximum absolute atomic E-state index is 12.3. The minimum Gasteiger partial charge on any atom is -0.496 e. The van der Waals surface area contributed by atoms with E-state index in [0.29, 0.717) is 12.2 Å². The van der Waals surface area contributed by atoms with E-state index in [1.165, 1.54) is 0 Å². The standard InChI is InChI=1S/C18H23N3O2/c1-18(2,3)21-14-9-10-19-15(11-14)17(22)20-12-13-7-5-6-8-16(13)23-4/h5-11H,12H2,1-4H3,(H,19,21)(H,20,22). The molecule has 1 heterocycles. The molecule has 5 heteroatoms. The van der Waals surface area contributed by atoms with Gasteiger partial charge in [0.15, 0.2) is 0 Å². The average molecular weight is 313 g/mol. The number of nitrogens with one attached hydrogen (secondary N) is 2. The molecule has 0 radical (unpaired) electrons. The number of hydrogen-bond donors (Lipinski definition) is 2. The largest absolute Gasteiger partial charge is 0.496 e. The normalized spacial score (nSPS) is 11.0. The molecule has 1 amide bonds. The van der Waals surface area contributed by atoms with Gasteiger partial charge in [0.1, 0.15) is 11.4 Å². The fourth-order valence-electron chi connectivity index (χ4n) is 2.18. The Morgan fingerprint density at radius 2 is 1.96 bits per heavy atom. The van der Waals surface area contributed by atoms with E-state index in [2.05, 4.69) is 36.4 Å². The second-order valence-electron chi connectivity index (χ2n) is 6.30. The zero-order valence-electron chi connectivity index (χ0n) is 14.0. The fraction of sp³-hybridized carbons (Fsp3) is 0.333. The van der Waals surface area contributed by atoms with Crippen molar-refractivity contribution in [3.63, 3.8) is 0 Å². The lowest BCUT2D eigenvalue weighted by atomic mass is 10.1. The molecular formula is C18H23N3O2. The monoisotopic (exact) mass is 313 g/mol. The molecular weight excluding hydrogens is 290 g/mol. The van der Waals surface area contributed by atoms with Gasteiger partial charge < -0.3 is 15.4 Å². The Morgan fingerprint density at radius 1 is 1.22 bits per heavy atom. The number of nitrogens with zero attached hydrogens (tertiary/aromatic N) is 1. The number of ether oxygens (including phenoxy) is 1. The van der Waals surface area contributed by atoms with Gasteiger partial charge in [0.25, 0.3) is 5.91 Å². The van der Waals surface area contributed by atoms with E-state index < -0.39 is 0 Å². The van der Waals surface area contributed by atoms with Crippen LogP contribution in [0.15, 0.2) is 42.6 Å². The number of carbonyl (C=O) groups excluding carboxylic acids is 1. The van der Waals surface area contributed by atoms with E-state index in [1.54, 1.807) is 19.4 Å². The quantitative estimate of drug-likeness (QED) is 0.889. The number of benzene rings is 1. The van der Waals surface area contributed by atoms with Crippen LogP contribution >= 0.6 is 0 Å². The smallest absolute Gasteiger partial charge is 0.270 e. The van der Waals surface area contributed by atoms with E-state index in [-0.39, 0.29) is 11.4 Å². The first-order valence-electron chi connectivity index (χ1n) is 7.53. The van der Waals surface area contributed by atoms with Gasteiger partial charge in [-0.15, -0.1) is 0 Å². The van der Waals surface area contributed by atoms with Gasteiger partial charge in [0.2, 0.25) is 0 Å². The number of amides is 1. The summed E-state index contributed by atoms with van der Waals surface area (Å²) in [6, 6.07) is 11.2. The molecule has 0 unspecified atom stereocenters. The minimum atomic E-state index is -0.214. The molecule has 5 nitrogen and oxygen atoms in total. The highest BCUT2D eigenvalue weighted by molar-refractivity contribution is 5.93. The summed E-state index contributed by atoms with van der Waals surface area (Å²) >= 11 is 0. The molecule has 0 atom stereocenters. The van der Waals surface area contributed by atoms with E-state index >= 15 is 0 Å². The first-order valence-corrected chi connectivity index (χ1v) is 7.53. The van der Waals surface area contributed by atoms with Crippen molar-refractivity contribution in [2.45, 2.75) is 32.9 Å². The van der Waals surface area contributed by atoms with Crippen LogP contribution in [0.3, 0.4) is 0 Å². The lowest BCUT2D eigenvalue weighted by molar-refractivity contribution is 0.0945. The lowest BCUT2D eigenvalue weighted by Crippen LogP contribution is -2.27. The number of anilines is 1. The van der Waals surface area contributed by atoms with Crippen molar-refractivity contribution in [2.24, 2.45) is 0 Å². The Bertz CT molecular complexity index is 678. The van der Waals surface area contributed by atoms with Crippen LogP contribution in [0.1, 0.15) is 36.8 Å². The maximum atomic E-state index is 12.3. The molecule has 0 spiro atoms. The predicted molar refractivity (Wildman–Crippen MR) is 91.8 cm³/mol. The van der Waals surface area contributed by atoms with Crippen LogP contribution in [0, 0.1) is 0 Å². The van der Waals surface area contributed by atoms with Crippen LogP contribution in [0.5, 0.6) is 5.75 Å². The molecule has 0 fully saturated rings. The molecule has 0 aliphatic rings. The highest BCUT2D eigenvalue weighted by Crippen LogP contribution is 2.17. The van der Waals surface area contributed by atoms with Crippen molar-refractivity contribution in [1.29, 1.82) is 0 Å². The van der Waals surface area contributed by atoms with Crippen molar-refractivity contribution in [3.05, 3.63) is 53.9 Å². The third-order valence-electron chi connectivity index (χ3n) is 3.14. The maximum Gasteiger partial charge on any atom is 0.270 e. The molecule has 2 rings (SSSR count). The van der Waals surface area contributed by atoms with Crippen LogP contribution in [-0.4, -0.2) is 23.5 Å². The van der Waals surface area contributed by atoms with Gasteiger partial charge >= 0.3 is 0 Å². The highest BCUT2D eigenvalue weighted by atomic mass is 16.5. The molecule has 0 saturated heterocycles. The van der Waals surface area contributed by atoms with E-state index in [1.807, 2.05) is 30.3 Å². The van der Waals surface area contributed by atoms with Gasteiger partial charge in [-0.2, -0.15) is 0 Å². The Kier molecular flexibility index (Phi) is 5.21. The van der Waals surface area contributed by atoms with Crippen molar-refractivity contribution in [2.75, 3.05) is 12.4 Å². The summed E-state index contributed by atoms with van der Waals surface area (Å²) in [4.78, 5) is 16.4. The van der Waals surface area contributed by atoms with Crippen molar-refractivity contribution in [1.82, 2.24) is 10.3 Å². The van der Waals surface area contributed by atoms with Crippen LogP contribution in [0.4, 0.5) is 5.69 Å². The third-order valence-corrected chi connectivity index (χ3v) is 3.14.